The zero-order valence-electron chi connectivity index (χ0n) is 19.6. The highest BCUT2D eigenvalue weighted by atomic mass is 16.7. The summed E-state index contributed by atoms with van der Waals surface area (Å²) in [6.45, 7) is 5.56. The van der Waals surface area contributed by atoms with Crippen molar-refractivity contribution in [3.8, 4) is 0 Å². The summed E-state index contributed by atoms with van der Waals surface area (Å²) in [7, 11) is 0. The zero-order chi connectivity index (χ0) is 24.7. The third-order valence-corrected chi connectivity index (χ3v) is 6.33. The zero-order valence-corrected chi connectivity index (χ0v) is 19.6. The first kappa shape index (κ1) is 28.8. The molecule has 0 bridgehead atoms. The van der Waals surface area contributed by atoms with Gasteiger partial charge in [0.1, 0.15) is 48.8 Å². The van der Waals surface area contributed by atoms with Crippen LogP contribution in [-0.2, 0) is 18.9 Å². The Morgan fingerprint density at radius 1 is 0.697 bits per heavy atom. The molecule has 0 aromatic rings. The van der Waals surface area contributed by atoms with Gasteiger partial charge in [-0.15, -0.1) is 0 Å². The predicted molar refractivity (Wildman–Crippen MR) is 115 cm³/mol. The Morgan fingerprint density at radius 3 is 1.91 bits per heavy atom. The van der Waals surface area contributed by atoms with Gasteiger partial charge in [-0.25, -0.2) is 0 Å². The molecular weight excluding hydrogens is 440 g/mol. The van der Waals surface area contributed by atoms with E-state index in [1.54, 1.807) is 0 Å². The first-order chi connectivity index (χ1) is 15.6. The maximum Gasteiger partial charge on any atom is 0.187 e. The number of aliphatic hydroxyl groups excluding tert-OH is 7. The highest BCUT2D eigenvalue weighted by Gasteiger charge is 2.50. The molecule has 11 unspecified atom stereocenters. The van der Waals surface area contributed by atoms with Crippen LogP contribution in [0.5, 0.6) is 0 Å². The van der Waals surface area contributed by atoms with Crippen molar-refractivity contribution in [3.63, 3.8) is 0 Å². The van der Waals surface area contributed by atoms with Crippen LogP contribution in [-0.4, -0.2) is 117 Å². The van der Waals surface area contributed by atoms with Crippen molar-refractivity contribution in [2.45, 2.75) is 108 Å². The van der Waals surface area contributed by atoms with Crippen molar-refractivity contribution in [1.82, 2.24) is 0 Å². The van der Waals surface area contributed by atoms with E-state index in [4.69, 9.17) is 18.9 Å². The number of hydrogen-bond donors (Lipinski definition) is 7. The van der Waals surface area contributed by atoms with E-state index in [0.29, 0.717) is 18.4 Å². The molecule has 0 saturated carbocycles. The lowest BCUT2D eigenvalue weighted by Gasteiger charge is -2.46. The minimum atomic E-state index is -1.70. The van der Waals surface area contributed by atoms with E-state index < -0.39 is 74.6 Å². The lowest BCUT2D eigenvalue weighted by Crippen LogP contribution is -2.64. The smallest absolute Gasteiger partial charge is 0.187 e. The van der Waals surface area contributed by atoms with Crippen molar-refractivity contribution in [3.05, 3.63) is 0 Å². The maximum absolute atomic E-state index is 10.6. The summed E-state index contributed by atoms with van der Waals surface area (Å²) in [5, 5.41) is 70.1. The van der Waals surface area contributed by atoms with Gasteiger partial charge in [-0.3, -0.25) is 0 Å². The topological polar surface area (TPSA) is 179 Å². The van der Waals surface area contributed by atoms with E-state index in [2.05, 4.69) is 20.8 Å². The average Bonchev–Trinajstić information content (AvgIpc) is 2.78. The lowest BCUT2D eigenvalue weighted by molar-refractivity contribution is -0.359. The number of ether oxygens (including phenoxy) is 4. The van der Waals surface area contributed by atoms with Crippen LogP contribution in [0, 0.1) is 11.8 Å². The summed E-state index contributed by atoms with van der Waals surface area (Å²) in [5.41, 5.74) is 0. The van der Waals surface area contributed by atoms with Crippen LogP contribution in [0.3, 0.4) is 0 Å². The standard InChI is InChI=1S/C22H42O11/c1-11(2)5-4-6-12(3)7-8-30-21-19(29)17(27)20(14(10-24)32-21)33-22-18(28)16(26)15(25)13(9-23)31-22/h11-29H,4-10H2,1-3H3. The second-order valence-electron chi connectivity index (χ2n) is 9.59. The summed E-state index contributed by atoms with van der Waals surface area (Å²) in [5.74, 6) is 1.08. The van der Waals surface area contributed by atoms with E-state index in [1.165, 1.54) is 0 Å². The monoisotopic (exact) mass is 482 g/mol. The van der Waals surface area contributed by atoms with Gasteiger partial charge in [-0.05, 0) is 18.3 Å². The molecule has 0 spiro atoms. The van der Waals surface area contributed by atoms with Crippen molar-refractivity contribution in [2.24, 2.45) is 11.8 Å². The fourth-order valence-corrected chi connectivity index (χ4v) is 4.10. The van der Waals surface area contributed by atoms with E-state index in [9.17, 15) is 35.7 Å². The molecule has 2 fully saturated rings. The Bertz CT molecular complexity index is 546. The number of aliphatic hydroxyl groups is 7. The summed E-state index contributed by atoms with van der Waals surface area (Å²) in [4.78, 5) is 0. The molecule has 2 aliphatic rings. The Hall–Kier alpha value is -0.440. The van der Waals surface area contributed by atoms with E-state index in [-0.39, 0.29) is 0 Å². The Morgan fingerprint density at radius 2 is 1.30 bits per heavy atom. The molecule has 11 heteroatoms. The van der Waals surface area contributed by atoms with Gasteiger partial charge in [0.2, 0.25) is 0 Å². The minimum Gasteiger partial charge on any atom is -0.394 e. The Kier molecular flexibility index (Phi) is 11.9. The molecule has 196 valence electrons. The summed E-state index contributed by atoms with van der Waals surface area (Å²) < 4.78 is 22.0. The van der Waals surface area contributed by atoms with Crippen molar-refractivity contribution >= 4 is 0 Å². The van der Waals surface area contributed by atoms with Crippen LogP contribution in [0.4, 0.5) is 0 Å². The highest BCUT2D eigenvalue weighted by molar-refractivity contribution is 4.94. The molecule has 2 rings (SSSR count). The molecule has 33 heavy (non-hydrogen) atoms. The fraction of sp³-hybridized carbons (Fsp3) is 1.00. The van der Waals surface area contributed by atoms with Crippen LogP contribution < -0.4 is 0 Å². The van der Waals surface area contributed by atoms with Gasteiger partial charge in [-0.1, -0.05) is 40.0 Å². The molecule has 2 aliphatic heterocycles. The second-order valence-corrected chi connectivity index (χ2v) is 9.59. The fourth-order valence-electron chi connectivity index (χ4n) is 4.10. The molecule has 0 amide bonds. The molecule has 0 aliphatic carbocycles. The molecular formula is C22H42O11. The number of rotatable bonds is 12. The molecule has 2 heterocycles. The van der Waals surface area contributed by atoms with Crippen LogP contribution in [0.2, 0.25) is 0 Å². The summed E-state index contributed by atoms with van der Waals surface area (Å²) in [6, 6.07) is 0. The Labute approximate surface area is 194 Å². The maximum atomic E-state index is 10.6. The largest absolute Gasteiger partial charge is 0.394 e. The van der Waals surface area contributed by atoms with Gasteiger partial charge in [0.25, 0.3) is 0 Å². The average molecular weight is 483 g/mol. The summed E-state index contributed by atoms with van der Waals surface area (Å²) >= 11 is 0. The van der Waals surface area contributed by atoms with E-state index in [0.717, 1.165) is 25.7 Å². The number of hydrogen-bond acceptors (Lipinski definition) is 11. The molecule has 0 radical (unpaired) electrons. The van der Waals surface area contributed by atoms with Crippen LogP contribution in [0.25, 0.3) is 0 Å². The molecule has 0 aromatic heterocycles. The molecule has 0 aromatic carbocycles. The highest BCUT2D eigenvalue weighted by Crippen LogP contribution is 2.29. The van der Waals surface area contributed by atoms with Crippen molar-refractivity contribution < 1.29 is 54.7 Å². The third-order valence-electron chi connectivity index (χ3n) is 6.33. The van der Waals surface area contributed by atoms with Crippen LogP contribution in [0.1, 0.15) is 46.5 Å². The normalized spacial score (nSPS) is 40.8. The Balaban J connectivity index is 1.90. The first-order valence-corrected chi connectivity index (χ1v) is 11.8. The van der Waals surface area contributed by atoms with Gasteiger partial charge >= 0.3 is 0 Å². The van der Waals surface area contributed by atoms with Gasteiger partial charge < -0.3 is 54.7 Å². The van der Waals surface area contributed by atoms with E-state index >= 15 is 0 Å². The third kappa shape index (κ3) is 7.77. The molecule has 7 N–H and O–H groups in total. The van der Waals surface area contributed by atoms with Crippen molar-refractivity contribution in [1.29, 1.82) is 0 Å². The first-order valence-electron chi connectivity index (χ1n) is 11.8. The molecule has 11 atom stereocenters. The lowest BCUT2D eigenvalue weighted by atomic mass is 9.96. The minimum absolute atomic E-state index is 0.299. The van der Waals surface area contributed by atoms with Gasteiger partial charge in [0.05, 0.1) is 19.8 Å². The van der Waals surface area contributed by atoms with Gasteiger partial charge in [-0.2, -0.15) is 0 Å². The molecule has 2 saturated heterocycles. The van der Waals surface area contributed by atoms with Crippen LogP contribution >= 0.6 is 0 Å². The van der Waals surface area contributed by atoms with Gasteiger partial charge in [0, 0.05) is 0 Å². The predicted octanol–water partition coefficient (Wildman–Crippen LogP) is -1.52. The van der Waals surface area contributed by atoms with E-state index in [1.807, 2.05) is 0 Å². The second kappa shape index (κ2) is 13.6. The summed E-state index contributed by atoms with van der Waals surface area (Å²) in [6.07, 6.45) is -10.3. The molecule has 11 nitrogen and oxygen atoms in total. The van der Waals surface area contributed by atoms with Gasteiger partial charge in [0.15, 0.2) is 12.6 Å². The van der Waals surface area contributed by atoms with Crippen LogP contribution in [0.15, 0.2) is 0 Å². The SMILES string of the molecule is CC(C)CCCC(C)CCOC1OC(CO)C(OC2OC(CO)C(O)C(O)C2O)C(O)C1O. The quantitative estimate of drug-likeness (QED) is 0.172. The van der Waals surface area contributed by atoms with Crippen molar-refractivity contribution in [2.75, 3.05) is 19.8 Å².